The van der Waals surface area contributed by atoms with Crippen molar-refractivity contribution in [1.29, 1.82) is 0 Å². The summed E-state index contributed by atoms with van der Waals surface area (Å²) in [7, 11) is 2.56. The van der Waals surface area contributed by atoms with Crippen molar-refractivity contribution in [3.63, 3.8) is 0 Å². The predicted octanol–water partition coefficient (Wildman–Crippen LogP) is -1.02. The van der Waals surface area contributed by atoms with E-state index in [0.717, 1.165) is 7.11 Å². The average molecular weight is 536 g/mol. The summed E-state index contributed by atoms with van der Waals surface area (Å²) in [6, 6.07) is 0. The molecule has 2 aromatic heterocycles. The summed E-state index contributed by atoms with van der Waals surface area (Å²) >= 11 is 0. The van der Waals surface area contributed by atoms with Gasteiger partial charge >= 0.3 is 11.9 Å². The number of hydrogen-bond acceptors (Lipinski definition) is 14. The van der Waals surface area contributed by atoms with Gasteiger partial charge in [0.05, 0.1) is 19.5 Å². The third-order valence-electron chi connectivity index (χ3n) is 7.21. The van der Waals surface area contributed by atoms with Crippen LogP contribution in [0.3, 0.4) is 0 Å². The molecular formula is C23H29N5O10. The average Bonchev–Trinajstić information content (AvgIpc) is 3.49. The maximum atomic E-state index is 12.7. The summed E-state index contributed by atoms with van der Waals surface area (Å²) < 4.78 is 35.7. The van der Waals surface area contributed by atoms with E-state index >= 15 is 0 Å². The minimum Gasteiger partial charge on any atom is -0.467 e. The Morgan fingerprint density at radius 2 is 2.03 bits per heavy atom. The van der Waals surface area contributed by atoms with Gasteiger partial charge in [-0.25, -0.2) is 24.5 Å². The number of nitrogens with two attached hydrogens (primary N) is 1. The van der Waals surface area contributed by atoms with Crippen LogP contribution in [0.1, 0.15) is 26.5 Å². The zero-order valence-corrected chi connectivity index (χ0v) is 21.1. The van der Waals surface area contributed by atoms with Crippen molar-refractivity contribution < 1.29 is 48.2 Å². The fourth-order valence-electron chi connectivity index (χ4n) is 5.10. The monoisotopic (exact) mass is 535 g/mol. The number of methoxy groups -OCH3 is 2. The Hall–Kier alpha value is -3.21. The van der Waals surface area contributed by atoms with Gasteiger partial charge in [-0.15, -0.1) is 0 Å². The van der Waals surface area contributed by atoms with E-state index in [1.165, 1.54) is 32.8 Å². The molecule has 3 aliphatic rings. The number of carbonyl (C=O) groups is 2. The number of aromatic nitrogens is 4. The van der Waals surface area contributed by atoms with Crippen molar-refractivity contribution in [2.75, 3.05) is 20.0 Å². The summed E-state index contributed by atoms with van der Waals surface area (Å²) in [5.74, 6) is -3.89. The molecule has 5 rings (SSSR count). The summed E-state index contributed by atoms with van der Waals surface area (Å²) in [5.41, 5.74) is 6.90. The van der Waals surface area contributed by atoms with Crippen LogP contribution in [-0.4, -0.2) is 104 Å². The van der Waals surface area contributed by atoms with Gasteiger partial charge in [-0.1, -0.05) is 6.08 Å². The lowest BCUT2D eigenvalue weighted by Gasteiger charge is -2.52. The largest absolute Gasteiger partial charge is 0.467 e. The second-order valence-electron chi connectivity index (χ2n) is 9.28. The van der Waals surface area contributed by atoms with Gasteiger partial charge in [0.15, 0.2) is 29.9 Å². The first-order chi connectivity index (χ1) is 18.1. The van der Waals surface area contributed by atoms with Crippen LogP contribution >= 0.6 is 0 Å². The molecule has 0 unspecified atom stereocenters. The van der Waals surface area contributed by atoms with Gasteiger partial charge in [-0.05, 0) is 13.8 Å². The number of imidazole rings is 1. The van der Waals surface area contributed by atoms with Crippen LogP contribution in [-0.2, 0) is 38.0 Å². The Morgan fingerprint density at radius 3 is 2.71 bits per heavy atom. The molecule has 15 heteroatoms. The lowest BCUT2D eigenvalue weighted by atomic mass is 9.84. The number of hydrogen-bond donors (Lipinski definition) is 3. The topological polar surface area (TPSA) is 200 Å². The fraction of sp³-hybridized carbons (Fsp3) is 0.609. The molecule has 38 heavy (non-hydrogen) atoms. The van der Waals surface area contributed by atoms with E-state index in [-0.39, 0.29) is 17.8 Å². The minimum absolute atomic E-state index is 0.00184. The van der Waals surface area contributed by atoms with Crippen LogP contribution in [0.15, 0.2) is 24.3 Å². The number of rotatable bonds is 5. The molecule has 3 fully saturated rings. The molecule has 0 aliphatic carbocycles. The van der Waals surface area contributed by atoms with E-state index in [2.05, 4.69) is 15.0 Å². The van der Waals surface area contributed by atoms with Crippen molar-refractivity contribution in [2.45, 2.75) is 75.0 Å². The van der Waals surface area contributed by atoms with E-state index in [4.69, 9.17) is 34.2 Å². The molecule has 0 bridgehead atoms. The number of anilines is 1. The number of carbonyl (C=O) groups excluding carboxylic acids is 2. The number of allylic oxidation sites excluding steroid dienone is 1. The Bertz CT molecular complexity index is 1270. The Labute approximate surface area is 216 Å². The third-order valence-corrected chi connectivity index (χ3v) is 7.21. The first-order valence-corrected chi connectivity index (χ1v) is 11.9. The minimum atomic E-state index is -2.35. The van der Waals surface area contributed by atoms with Gasteiger partial charge in [0, 0.05) is 19.1 Å². The second-order valence-corrected chi connectivity index (χ2v) is 9.28. The molecule has 2 aromatic rings. The normalized spacial score (nSPS) is 36.9. The number of nitrogen functional groups attached to an aromatic ring is 1. The van der Waals surface area contributed by atoms with Crippen LogP contribution < -0.4 is 5.73 Å². The molecule has 0 amide bonds. The highest BCUT2D eigenvalue weighted by molar-refractivity contribution is 5.88. The molecule has 3 saturated heterocycles. The molecular weight excluding hydrogens is 506 g/mol. The Morgan fingerprint density at radius 1 is 1.26 bits per heavy atom. The molecule has 3 aliphatic heterocycles. The van der Waals surface area contributed by atoms with Gasteiger partial charge in [-0.2, -0.15) is 0 Å². The van der Waals surface area contributed by atoms with E-state index in [0.29, 0.717) is 11.2 Å². The summed E-state index contributed by atoms with van der Waals surface area (Å²) in [6.45, 7) is 3.14. The number of ether oxygens (including phenoxy) is 6. The number of aliphatic hydroxyl groups excluding tert-OH is 1. The smallest absolute Gasteiger partial charge is 0.337 e. The molecule has 0 radical (unpaired) electrons. The van der Waals surface area contributed by atoms with Crippen molar-refractivity contribution >= 4 is 28.9 Å². The molecule has 0 spiro atoms. The van der Waals surface area contributed by atoms with Crippen molar-refractivity contribution in [3.8, 4) is 0 Å². The van der Waals surface area contributed by atoms with Crippen LogP contribution in [0.4, 0.5) is 5.82 Å². The van der Waals surface area contributed by atoms with E-state index in [1.54, 1.807) is 11.5 Å². The number of aliphatic hydroxyl groups is 2. The SMILES string of the molecule is C/C=C(\C)C(=O)O[C@H]1[C@H](O)[C@@H](C(=O)OC)O[C@@H]2C[C@H]3O[C@@H](n4cnc5c(N)ncnc54)[C@H](OC)[C@H]3O[C@@]21O. The summed E-state index contributed by atoms with van der Waals surface area (Å²) in [6.07, 6.45) is -5.25. The van der Waals surface area contributed by atoms with Gasteiger partial charge in [-0.3, -0.25) is 4.57 Å². The molecule has 5 heterocycles. The van der Waals surface area contributed by atoms with Gasteiger partial charge in [0.1, 0.15) is 36.3 Å². The first kappa shape index (κ1) is 26.4. The number of nitrogens with zero attached hydrogens (tertiary/aromatic N) is 4. The maximum Gasteiger partial charge on any atom is 0.337 e. The Balaban J connectivity index is 1.50. The second kappa shape index (κ2) is 9.83. The highest BCUT2D eigenvalue weighted by Crippen LogP contribution is 2.47. The zero-order chi connectivity index (χ0) is 27.4. The van der Waals surface area contributed by atoms with Crippen LogP contribution in [0.2, 0.25) is 0 Å². The lowest BCUT2D eigenvalue weighted by Crippen LogP contribution is -2.73. The molecule has 9 atom stereocenters. The van der Waals surface area contributed by atoms with E-state index in [1.807, 2.05) is 0 Å². The Kier molecular flexibility index (Phi) is 6.83. The molecule has 0 aromatic carbocycles. The third kappa shape index (κ3) is 4.02. The highest BCUT2D eigenvalue weighted by Gasteiger charge is 2.67. The van der Waals surface area contributed by atoms with Gasteiger partial charge in [0.25, 0.3) is 0 Å². The first-order valence-electron chi connectivity index (χ1n) is 11.9. The number of fused-ring (bicyclic) bond motifs is 3. The van der Waals surface area contributed by atoms with Gasteiger partial charge in [0.2, 0.25) is 5.79 Å². The molecule has 15 nitrogen and oxygen atoms in total. The van der Waals surface area contributed by atoms with Crippen LogP contribution in [0, 0.1) is 0 Å². The zero-order valence-electron chi connectivity index (χ0n) is 21.1. The highest BCUT2D eigenvalue weighted by atomic mass is 16.7. The van der Waals surface area contributed by atoms with E-state index in [9.17, 15) is 19.8 Å². The lowest BCUT2D eigenvalue weighted by molar-refractivity contribution is -0.397. The maximum absolute atomic E-state index is 12.7. The summed E-state index contributed by atoms with van der Waals surface area (Å²) in [4.78, 5) is 37.5. The quantitative estimate of drug-likeness (QED) is 0.310. The van der Waals surface area contributed by atoms with Crippen molar-refractivity contribution in [2.24, 2.45) is 0 Å². The number of esters is 2. The van der Waals surface area contributed by atoms with Crippen molar-refractivity contribution in [1.82, 2.24) is 19.5 Å². The predicted molar refractivity (Wildman–Crippen MR) is 125 cm³/mol. The molecule has 0 saturated carbocycles. The molecule has 4 N–H and O–H groups in total. The van der Waals surface area contributed by atoms with E-state index < -0.39 is 66.7 Å². The standard InChI is InChI=1S/C23H29N5O10/c1-5-9(2)21(30)37-17-13(29)15(22(31)34-4)36-11-6-10-14(38-23(11,17)32)16(33-3)20(35-10)28-8-27-12-18(24)25-7-26-19(12)28/h5,7-8,10-11,13-17,20,29,32H,6H2,1-4H3,(H2,24,25,26)/b9-5+/t10-,11-,13-,14+,15+,16-,17+,20-,23+/m1/s1. The summed E-state index contributed by atoms with van der Waals surface area (Å²) in [5, 5.41) is 22.7. The fourth-order valence-corrected chi connectivity index (χ4v) is 5.10. The van der Waals surface area contributed by atoms with Crippen LogP contribution in [0.5, 0.6) is 0 Å². The molecule has 206 valence electrons. The van der Waals surface area contributed by atoms with Crippen molar-refractivity contribution in [3.05, 3.63) is 24.3 Å². The van der Waals surface area contributed by atoms with Crippen LogP contribution in [0.25, 0.3) is 11.2 Å². The van der Waals surface area contributed by atoms with Gasteiger partial charge < -0.3 is 44.4 Å².